The zero-order chi connectivity index (χ0) is 25.9. The van der Waals surface area contributed by atoms with Crippen LogP contribution in [0.25, 0.3) is 0 Å². The van der Waals surface area contributed by atoms with Crippen LogP contribution in [0.1, 0.15) is 86.7 Å². The van der Waals surface area contributed by atoms with E-state index in [4.69, 9.17) is 4.74 Å². The van der Waals surface area contributed by atoms with Crippen molar-refractivity contribution in [3.63, 3.8) is 0 Å². The molecule has 3 N–H and O–H groups in total. The Kier molecular flexibility index (Phi) is 8.11. The lowest BCUT2D eigenvalue weighted by atomic mass is 9.88. The molecule has 1 heterocycles. The largest absolute Gasteiger partial charge is 0.508 e. The number of aromatic hydroxyl groups is 3. The van der Waals surface area contributed by atoms with E-state index in [-0.39, 0.29) is 40.8 Å². The number of carbonyl (C=O) groups is 1. The standard InChI is InChI=1S/C30H36O5/c1-17(2)7-10-20-11-14-24(31)23(15-20)26-16-25(32)27-29(34)21(12-8-18(3)4)28(33)22(30(27)35-26)13-9-19(5)6/h7-9,11,14-15,26,31,33-34H,10,12-13,16H2,1-6H3. The molecule has 0 spiro atoms. The molecule has 0 aliphatic carbocycles. The first-order chi connectivity index (χ1) is 16.5. The summed E-state index contributed by atoms with van der Waals surface area (Å²) in [5.74, 6) is -0.340. The Hall–Kier alpha value is -3.47. The zero-order valence-electron chi connectivity index (χ0n) is 21.5. The molecule has 0 amide bonds. The van der Waals surface area contributed by atoms with Crippen LogP contribution in [0.5, 0.6) is 23.0 Å². The van der Waals surface area contributed by atoms with Crippen LogP contribution in [0.4, 0.5) is 0 Å². The van der Waals surface area contributed by atoms with E-state index in [9.17, 15) is 20.1 Å². The summed E-state index contributed by atoms with van der Waals surface area (Å²) >= 11 is 0. The molecule has 0 saturated heterocycles. The number of hydrogen-bond donors (Lipinski definition) is 3. The number of allylic oxidation sites excluding steroid dienone is 6. The molecule has 0 saturated carbocycles. The van der Waals surface area contributed by atoms with Crippen LogP contribution in [-0.2, 0) is 19.3 Å². The fraction of sp³-hybridized carbons (Fsp3) is 0.367. The van der Waals surface area contributed by atoms with E-state index in [1.165, 1.54) is 5.57 Å². The highest BCUT2D eigenvalue weighted by Gasteiger charge is 2.36. The second kappa shape index (κ2) is 10.9. The van der Waals surface area contributed by atoms with Crippen LogP contribution >= 0.6 is 0 Å². The highest BCUT2D eigenvalue weighted by molar-refractivity contribution is 6.04. The van der Waals surface area contributed by atoms with Gasteiger partial charge >= 0.3 is 0 Å². The van der Waals surface area contributed by atoms with Crippen molar-refractivity contribution in [1.29, 1.82) is 0 Å². The molecule has 1 aliphatic rings. The molecular weight excluding hydrogens is 440 g/mol. The molecule has 1 unspecified atom stereocenters. The highest BCUT2D eigenvalue weighted by atomic mass is 16.5. The van der Waals surface area contributed by atoms with Gasteiger partial charge in [0.25, 0.3) is 0 Å². The second-order valence-corrected chi connectivity index (χ2v) is 9.94. The number of fused-ring (bicyclic) bond motifs is 1. The van der Waals surface area contributed by atoms with E-state index in [1.54, 1.807) is 6.07 Å². The van der Waals surface area contributed by atoms with Crippen molar-refractivity contribution in [3.05, 3.63) is 81.0 Å². The van der Waals surface area contributed by atoms with Crippen molar-refractivity contribution < 1.29 is 24.9 Å². The number of benzene rings is 2. The Morgan fingerprint density at radius 2 is 1.43 bits per heavy atom. The Labute approximate surface area is 208 Å². The van der Waals surface area contributed by atoms with Crippen molar-refractivity contribution >= 4 is 5.78 Å². The number of rotatable bonds is 7. The minimum absolute atomic E-state index is 0.0187. The zero-order valence-corrected chi connectivity index (χ0v) is 21.5. The van der Waals surface area contributed by atoms with Gasteiger partial charge in [0.1, 0.15) is 34.7 Å². The summed E-state index contributed by atoms with van der Waals surface area (Å²) in [6.45, 7) is 11.8. The average Bonchev–Trinajstić information content (AvgIpc) is 2.77. The Bertz CT molecular complexity index is 1220. The van der Waals surface area contributed by atoms with Gasteiger partial charge in [0, 0.05) is 16.7 Å². The molecule has 0 fully saturated rings. The van der Waals surface area contributed by atoms with Gasteiger partial charge in [-0.05, 0) is 78.5 Å². The first-order valence-electron chi connectivity index (χ1n) is 12.0. The minimum Gasteiger partial charge on any atom is -0.508 e. The van der Waals surface area contributed by atoms with Crippen LogP contribution in [0.15, 0.2) is 53.1 Å². The SMILES string of the molecule is CC(C)=CCc1ccc(O)c(C2CC(=O)c3c(O)c(CC=C(C)C)c(O)c(CC=C(C)C)c3O2)c1. The maximum Gasteiger partial charge on any atom is 0.174 e. The van der Waals surface area contributed by atoms with Gasteiger partial charge in [-0.1, -0.05) is 41.0 Å². The van der Waals surface area contributed by atoms with Gasteiger partial charge in [-0.3, -0.25) is 4.79 Å². The number of carbonyl (C=O) groups excluding carboxylic acids is 1. The molecular formula is C30H36O5. The predicted octanol–water partition coefficient (Wildman–Crippen LogP) is 7.04. The van der Waals surface area contributed by atoms with Gasteiger partial charge in [-0.2, -0.15) is 0 Å². The summed E-state index contributed by atoms with van der Waals surface area (Å²) in [6, 6.07) is 5.33. The third-order valence-electron chi connectivity index (χ3n) is 6.12. The van der Waals surface area contributed by atoms with Crippen molar-refractivity contribution in [2.45, 2.75) is 73.3 Å². The van der Waals surface area contributed by atoms with Crippen LogP contribution < -0.4 is 4.74 Å². The molecule has 5 nitrogen and oxygen atoms in total. The summed E-state index contributed by atoms with van der Waals surface area (Å²) in [6.07, 6.45) is 6.56. The average molecular weight is 477 g/mol. The Balaban J connectivity index is 2.13. The Morgan fingerprint density at radius 1 is 0.857 bits per heavy atom. The second-order valence-electron chi connectivity index (χ2n) is 9.94. The Morgan fingerprint density at radius 3 is 2.03 bits per heavy atom. The molecule has 2 aromatic carbocycles. The van der Waals surface area contributed by atoms with Gasteiger partial charge in [-0.25, -0.2) is 0 Å². The molecule has 35 heavy (non-hydrogen) atoms. The number of phenols is 3. The van der Waals surface area contributed by atoms with Crippen molar-refractivity contribution in [2.75, 3.05) is 0 Å². The number of ketones is 1. The third-order valence-corrected chi connectivity index (χ3v) is 6.12. The van der Waals surface area contributed by atoms with E-state index in [0.29, 0.717) is 36.0 Å². The predicted molar refractivity (Wildman–Crippen MR) is 140 cm³/mol. The first-order valence-corrected chi connectivity index (χ1v) is 12.0. The lowest BCUT2D eigenvalue weighted by Crippen LogP contribution is -2.22. The van der Waals surface area contributed by atoms with Gasteiger partial charge in [0.05, 0.1) is 6.42 Å². The van der Waals surface area contributed by atoms with Crippen LogP contribution in [0.3, 0.4) is 0 Å². The number of ether oxygens (including phenoxy) is 1. The fourth-order valence-electron chi connectivity index (χ4n) is 4.13. The normalized spacial score (nSPS) is 14.6. The highest BCUT2D eigenvalue weighted by Crippen LogP contribution is 2.49. The maximum absolute atomic E-state index is 13.3. The molecule has 0 bridgehead atoms. The maximum atomic E-state index is 13.3. The van der Waals surface area contributed by atoms with Crippen LogP contribution in [0, 0.1) is 0 Å². The topological polar surface area (TPSA) is 87.0 Å². The van der Waals surface area contributed by atoms with Gasteiger partial charge in [0.15, 0.2) is 5.78 Å². The number of Topliss-reactive ketones (excluding diaryl/α,β-unsaturated/α-hetero) is 1. The molecule has 5 heteroatoms. The number of hydrogen-bond acceptors (Lipinski definition) is 5. The molecule has 2 aromatic rings. The summed E-state index contributed by atoms with van der Waals surface area (Å²) < 4.78 is 6.29. The quantitative estimate of drug-likeness (QED) is 0.373. The molecule has 1 aliphatic heterocycles. The smallest absolute Gasteiger partial charge is 0.174 e. The van der Waals surface area contributed by atoms with Gasteiger partial charge in [-0.15, -0.1) is 0 Å². The van der Waals surface area contributed by atoms with Crippen molar-refractivity contribution in [3.8, 4) is 23.0 Å². The molecule has 186 valence electrons. The van der Waals surface area contributed by atoms with E-state index in [1.807, 2.05) is 65.8 Å². The number of phenolic OH excluding ortho intramolecular Hbond substituents is 3. The van der Waals surface area contributed by atoms with Gasteiger partial charge in [0.2, 0.25) is 0 Å². The summed E-state index contributed by atoms with van der Waals surface area (Å²) in [5.41, 5.74) is 5.69. The van der Waals surface area contributed by atoms with Gasteiger partial charge < -0.3 is 20.1 Å². The first kappa shape index (κ1) is 26.1. The van der Waals surface area contributed by atoms with Crippen molar-refractivity contribution in [1.82, 2.24) is 0 Å². The van der Waals surface area contributed by atoms with E-state index >= 15 is 0 Å². The molecule has 0 aromatic heterocycles. The molecule has 0 radical (unpaired) electrons. The van der Waals surface area contributed by atoms with E-state index in [2.05, 4.69) is 6.08 Å². The lowest BCUT2D eigenvalue weighted by molar-refractivity contribution is 0.0839. The third kappa shape index (κ3) is 5.97. The van der Waals surface area contributed by atoms with Crippen molar-refractivity contribution in [2.24, 2.45) is 0 Å². The fourth-order valence-corrected chi connectivity index (χ4v) is 4.13. The molecule has 1 atom stereocenters. The monoisotopic (exact) mass is 476 g/mol. The summed E-state index contributed by atoms with van der Waals surface area (Å²) in [5, 5.41) is 32.8. The minimum atomic E-state index is -0.727. The van der Waals surface area contributed by atoms with E-state index in [0.717, 1.165) is 16.7 Å². The summed E-state index contributed by atoms with van der Waals surface area (Å²) in [7, 11) is 0. The van der Waals surface area contributed by atoms with E-state index < -0.39 is 6.10 Å². The summed E-state index contributed by atoms with van der Waals surface area (Å²) in [4.78, 5) is 13.3. The van der Waals surface area contributed by atoms with Crippen LogP contribution in [-0.4, -0.2) is 21.1 Å². The lowest BCUT2D eigenvalue weighted by Gasteiger charge is -2.30. The molecule has 3 rings (SSSR count). The van der Waals surface area contributed by atoms with Crippen LogP contribution in [0.2, 0.25) is 0 Å².